The summed E-state index contributed by atoms with van der Waals surface area (Å²) in [5.74, 6) is 0.896. The molecule has 0 aromatic heterocycles. The Morgan fingerprint density at radius 1 is 1.23 bits per heavy atom. The largest absolute Gasteiger partial charge is 0.381 e. The monoisotopic (exact) mass is 529 g/mol. The van der Waals surface area contributed by atoms with Crippen LogP contribution in [-0.2, 0) is 4.74 Å². The van der Waals surface area contributed by atoms with E-state index in [2.05, 4.69) is 70.0 Å². The first kappa shape index (κ1) is 25.4. The number of aliphatic imine (C=N–C) groups is 1. The predicted molar refractivity (Wildman–Crippen MR) is 136 cm³/mol. The van der Waals surface area contributed by atoms with Crippen molar-refractivity contribution < 1.29 is 4.74 Å². The fourth-order valence-corrected chi connectivity index (χ4v) is 4.65. The number of nitrogens with one attached hydrogen (secondary N) is 3. The normalized spacial score (nSPS) is 22.9. The fraction of sp³-hybridized carbons (Fsp3) is 0.696. The highest BCUT2D eigenvalue weighted by molar-refractivity contribution is 14.0. The zero-order chi connectivity index (χ0) is 20.5. The maximum Gasteiger partial charge on any atom is 0.191 e. The van der Waals surface area contributed by atoms with Crippen molar-refractivity contribution >= 4 is 29.9 Å². The summed E-state index contributed by atoms with van der Waals surface area (Å²) in [4.78, 5) is 7.03. The van der Waals surface area contributed by atoms with Crippen LogP contribution in [0.15, 0.2) is 35.3 Å². The van der Waals surface area contributed by atoms with E-state index in [0.29, 0.717) is 12.1 Å². The summed E-state index contributed by atoms with van der Waals surface area (Å²) in [6, 6.07) is 11.6. The van der Waals surface area contributed by atoms with Gasteiger partial charge in [0.15, 0.2) is 5.96 Å². The third-order valence-corrected chi connectivity index (χ3v) is 6.50. The molecule has 2 fully saturated rings. The first-order valence-corrected chi connectivity index (χ1v) is 11.2. The molecule has 3 rings (SSSR count). The van der Waals surface area contributed by atoms with Gasteiger partial charge in [-0.1, -0.05) is 37.3 Å². The highest BCUT2D eigenvalue weighted by atomic mass is 127. The molecule has 0 aliphatic carbocycles. The minimum atomic E-state index is 0. The SMILES string of the molecule is CCN1CCCC1CNC(=NC)NCC1(NC(C)c2ccccc2)CCOCC1.I. The van der Waals surface area contributed by atoms with Gasteiger partial charge in [-0.05, 0) is 51.3 Å². The summed E-state index contributed by atoms with van der Waals surface area (Å²) in [6.45, 7) is 10.2. The van der Waals surface area contributed by atoms with Gasteiger partial charge in [-0.25, -0.2) is 0 Å². The van der Waals surface area contributed by atoms with Gasteiger partial charge in [0.2, 0.25) is 0 Å². The quantitative estimate of drug-likeness (QED) is 0.275. The van der Waals surface area contributed by atoms with Gasteiger partial charge in [0.05, 0.1) is 0 Å². The number of hydrogen-bond donors (Lipinski definition) is 3. The third-order valence-electron chi connectivity index (χ3n) is 6.50. The van der Waals surface area contributed by atoms with Gasteiger partial charge in [0.1, 0.15) is 0 Å². The van der Waals surface area contributed by atoms with Crippen LogP contribution in [0, 0.1) is 0 Å². The van der Waals surface area contributed by atoms with Crippen LogP contribution < -0.4 is 16.0 Å². The number of nitrogens with zero attached hydrogens (tertiary/aromatic N) is 2. The fourth-order valence-electron chi connectivity index (χ4n) is 4.65. The Morgan fingerprint density at radius 3 is 2.63 bits per heavy atom. The average molecular weight is 530 g/mol. The Hall–Kier alpha value is -0.900. The van der Waals surface area contributed by atoms with Crippen molar-refractivity contribution in [3.05, 3.63) is 35.9 Å². The number of rotatable bonds is 8. The van der Waals surface area contributed by atoms with Crippen molar-refractivity contribution in [3.8, 4) is 0 Å². The second kappa shape index (κ2) is 12.8. The van der Waals surface area contributed by atoms with Crippen LogP contribution in [-0.4, -0.2) is 68.9 Å². The van der Waals surface area contributed by atoms with E-state index in [1.165, 1.54) is 24.9 Å². The highest BCUT2D eigenvalue weighted by Crippen LogP contribution is 2.25. The van der Waals surface area contributed by atoms with Crippen LogP contribution in [0.3, 0.4) is 0 Å². The number of ether oxygens (including phenoxy) is 1. The van der Waals surface area contributed by atoms with E-state index in [9.17, 15) is 0 Å². The number of guanidine groups is 1. The summed E-state index contributed by atoms with van der Waals surface area (Å²) in [5.41, 5.74) is 1.33. The predicted octanol–water partition coefficient (Wildman–Crippen LogP) is 3.15. The molecule has 3 N–H and O–H groups in total. The standard InChI is InChI=1S/C23H39N5O.HI/c1-4-28-14-8-11-21(28)17-25-22(24-3)26-18-23(12-15-29-16-13-23)27-19(2)20-9-6-5-7-10-20;/h5-7,9-10,19,21,27H,4,8,11-18H2,1-3H3,(H2,24,25,26);1H. The number of hydrogen-bond acceptors (Lipinski definition) is 4. The van der Waals surface area contributed by atoms with E-state index < -0.39 is 0 Å². The number of likely N-dealkylation sites (tertiary alicyclic amines) is 1. The highest BCUT2D eigenvalue weighted by Gasteiger charge is 2.34. The molecule has 0 saturated carbocycles. The van der Waals surface area contributed by atoms with Gasteiger partial charge in [0, 0.05) is 51.0 Å². The lowest BCUT2D eigenvalue weighted by atomic mass is 9.88. The van der Waals surface area contributed by atoms with Gasteiger partial charge in [-0.15, -0.1) is 24.0 Å². The average Bonchev–Trinajstić information content (AvgIpc) is 3.23. The van der Waals surface area contributed by atoms with Crippen molar-refractivity contribution in [2.45, 2.75) is 57.2 Å². The lowest BCUT2D eigenvalue weighted by Gasteiger charge is -2.41. The van der Waals surface area contributed by atoms with Crippen molar-refractivity contribution in [2.24, 2.45) is 4.99 Å². The Labute approximate surface area is 199 Å². The second-order valence-electron chi connectivity index (χ2n) is 8.40. The summed E-state index contributed by atoms with van der Waals surface area (Å²) in [6.07, 6.45) is 4.58. The molecule has 2 aliphatic rings. The number of benzene rings is 1. The van der Waals surface area contributed by atoms with Crippen LogP contribution in [0.1, 0.15) is 51.1 Å². The number of halogens is 1. The van der Waals surface area contributed by atoms with E-state index >= 15 is 0 Å². The third kappa shape index (κ3) is 7.07. The molecule has 6 nitrogen and oxygen atoms in total. The molecule has 30 heavy (non-hydrogen) atoms. The maximum absolute atomic E-state index is 5.67. The molecular formula is C23H40IN5O. The zero-order valence-electron chi connectivity index (χ0n) is 18.8. The van der Waals surface area contributed by atoms with Crippen molar-refractivity contribution in [3.63, 3.8) is 0 Å². The molecule has 170 valence electrons. The molecule has 0 bridgehead atoms. The Bertz CT molecular complexity index is 636. The molecule has 0 radical (unpaired) electrons. The molecule has 2 heterocycles. The van der Waals surface area contributed by atoms with E-state index in [4.69, 9.17) is 4.74 Å². The van der Waals surface area contributed by atoms with Gasteiger partial charge in [-0.3, -0.25) is 9.89 Å². The summed E-state index contributed by atoms with van der Waals surface area (Å²) in [5, 5.41) is 11.1. The molecule has 0 spiro atoms. The maximum atomic E-state index is 5.67. The van der Waals surface area contributed by atoms with Crippen molar-refractivity contribution in [1.29, 1.82) is 0 Å². The second-order valence-corrected chi connectivity index (χ2v) is 8.40. The van der Waals surface area contributed by atoms with E-state index in [0.717, 1.165) is 51.6 Å². The molecule has 1 aromatic rings. The minimum absolute atomic E-state index is 0. The first-order valence-electron chi connectivity index (χ1n) is 11.2. The molecule has 2 atom stereocenters. The summed E-state index contributed by atoms with van der Waals surface area (Å²) < 4.78 is 5.67. The molecule has 7 heteroatoms. The molecular weight excluding hydrogens is 489 g/mol. The van der Waals surface area contributed by atoms with Gasteiger partial charge < -0.3 is 20.7 Å². The van der Waals surface area contributed by atoms with E-state index in [-0.39, 0.29) is 29.5 Å². The van der Waals surface area contributed by atoms with Crippen LogP contribution in [0.5, 0.6) is 0 Å². The van der Waals surface area contributed by atoms with Crippen molar-refractivity contribution in [2.75, 3.05) is 46.4 Å². The molecule has 2 unspecified atom stereocenters. The Morgan fingerprint density at radius 2 is 1.97 bits per heavy atom. The van der Waals surface area contributed by atoms with Gasteiger partial charge in [-0.2, -0.15) is 0 Å². The smallest absolute Gasteiger partial charge is 0.191 e. The Balaban J connectivity index is 0.00000320. The van der Waals surface area contributed by atoms with Gasteiger partial charge >= 0.3 is 0 Å². The summed E-state index contributed by atoms with van der Waals surface area (Å²) >= 11 is 0. The molecule has 2 aliphatic heterocycles. The Kier molecular flexibility index (Phi) is 10.8. The molecule has 0 amide bonds. The first-order chi connectivity index (χ1) is 14.2. The van der Waals surface area contributed by atoms with Crippen LogP contribution in [0.25, 0.3) is 0 Å². The number of likely N-dealkylation sites (N-methyl/N-ethyl adjacent to an activating group) is 1. The molecule has 1 aromatic carbocycles. The van der Waals surface area contributed by atoms with Gasteiger partial charge in [0.25, 0.3) is 0 Å². The van der Waals surface area contributed by atoms with E-state index in [1.54, 1.807) is 0 Å². The summed E-state index contributed by atoms with van der Waals surface area (Å²) in [7, 11) is 1.86. The minimum Gasteiger partial charge on any atom is -0.381 e. The van der Waals surface area contributed by atoms with E-state index in [1.807, 2.05) is 7.05 Å². The topological polar surface area (TPSA) is 60.9 Å². The zero-order valence-corrected chi connectivity index (χ0v) is 21.2. The van der Waals surface area contributed by atoms with Crippen LogP contribution in [0.2, 0.25) is 0 Å². The lowest BCUT2D eigenvalue weighted by molar-refractivity contribution is 0.0354. The van der Waals surface area contributed by atoms with Crippen LogP contribution in [0.4, 0.5) is 0 Å². The van der Waals surface area contributed by atoms with Crippen molar-refractivity contribution in [1.82, 2.24) is 20.9 Å². The van der Waals surface area contributed by atoms with Crippen LogP contribution >= 0.6 is 24.0 Å². The lowest BCUT2D eigenvalue weighted by Crippen LogP contribution is -2.58. The molecule has 2 saturated heterocycles.